The Balaban J connectivity index is 1.01. The first-order chi connectivity index (χ1) is 37.8. The molecule has 2 aromatic heterocycles. The van der Waals surface area contributed by atoms with Gasteiger partial charge in [-0.05, 0) is 90.0 Å². The Morgan fingerprint density at radius 1 is 0.263 bits per heavy atom. The summed E-state index contributed by atoms with van der Waals surface area (Å²) in [6, 6.07) is 114. The third kappa shape index (κ3) is 6.27. The number of benzene rings is 12. The molecule has 0 saturated carbocycles. The molecule has 3 heteroatoms. The van der Waals surface area contributed by atoms with Crippen LogP contribution in [0.25, 0.3) is 77.2 Å². The minimum Gasteiger partial charge on any atom is -0.307 e. The molecule has 0 N–H and O–H groups in total. The second kappa shape index (κ2) is 17.6. The molecule has 76 heavy (non-hydrogen) atoms. The first-order valence-corrected chi connectivity index (χ1v) is 28.4. The van der Waals surface area contributed by atoms with Crippen LogP contribution < -0.4 is 20.7 Å². The molecule has 0 spiro atoms. The van der Waals surface area contributed by atoms with E-state index in [1.807, 2.05) is 0 Å². The third-order valence-electron chi connectivity index (χ3n) is 16.6. The van der Waals surface area contributed by atoms with Gasteiger partial charge >= 0.3 is 0 Å². The van der Waals surface area contributed by atoms with E-state index >= 15 is 0 Å². The van der Waals surface area contributed by atoms with Crippen molar-refractivity contribution in [3.63, 3.8) is 0 Å². The number of hydrogen-bond donors (Lipinski definition) is 0. The molecule has 15 rings (SSSR count). The second-order valence-electron chi connectivity index (χ2n) is 20.2. The molecule has 0 bridgehead atoms. The highest BCUT2D eigenvalue weighted by atomic mass is 28.3. The Kier molecular flexibility index (Phi) is 10.2. The van der Waals surface area contributed by atoms with Gasteiger partial charge in [0, 0.05) is 32.8 Å². The van der Waals surface area contributed by atoms with Crippen LogP contribution in [0.5, 0.6) is 0 Å². The van der Waals surface area contributed by atoms with Crippen LogP contribution in [0.15, 0.2) is 303 Å². The minimum absolute atomic E-state index is 0.579. The molecule has 356 valence electrons. The maximum atomic E-state index is 2.58. The van der Waals surface area contributed by atoms with Crippen LogP contribution in [0.3, 0.4) is 0 Å². The highest BCUT2D eigenvalue weighted by Crippen LogP contribution is 2.59. The highest BCUT2D eigenvalue weighted by Gasteiger charge is 2.48. The summed E-state index contributed by atoms with van der Waals surface area (Å²) in [6.45, 7) is 0. The summed E-state index contributed by atoms with van der Waals surface area (Å²) in [5.41, 5.74) is 16.5. The van der Waals surface area contributed by atoms with Crippen molar-refractivity contribution in [2.45, 2.75) is 5.41 Å². The van der Waals surface area contributed by atoms with Crippen LogP contribution in [-0.2, 0) is 5.41 Å². The molecule has 0 saturated heterocycles. The average Bonchev–Trinajstić information content (AvgIpc) is 4.19. The van der Waals surface area contributed by atoms with Crippen molar-refractivity contribution >= 4 is 72.4 Å². The van der Waals surface area contributed by atoms with Crippen LogP contribution in [0, 0.1) is 0 Å². The van der Waals surface area contributed by atoms with Crippen molar-refractivity contribution < 1.29 is 0 Å². The van der Waals surface area contributed by atoms with Gasteiger partial charge in [0.15, 0.2) is 8.07 Å². The minimum atomic E-state index is -2.76. The Bertz CT molecular complexity index is 4350. The molecule has 0 atom stereocenters. The van der Waals surface area contributed by atoms with Gasteiger partial charge < -0.3 is 9.13 Å². The molecular formula is C73H50N2Si. The van der Waals surface area contributed by atoms with Gasteiger partial charge in [-0.1, -0.05) is 273 Å². The molecule has 0 fully saturated rings. The summed E-state index contributed by atoms with van der Waals surface area (Å²) in [5, 5.41) is 10.3. The normalized spacial score (nSPS) is 12.8. The lowest BCUT2D eigenvalue weighted by Gasteiger charge is -2.35. The number of hydrogen-bond acceptors (Lipinski definition) is 0. The van der Waals surface area contributed by atoms with Crippen molar-refractivity contribution in [1.29, 1.82) is 0 Å². The lowest BCUT2D eigenvalue weighted by atomic mass is 9.66. The van der Waals surface area contributed by atoms with Gasteiger partial charge in [-0.3, -0.25) is 0 Å². The maximum absolute atomic E-state index is 2.76. The average molecular weight is 983 g/mol. The van der Waals surface area contributed by atoms with Crippen molar-refractivity contribution in [1.82, 2.24) is 9.13 Å². The quantitative estimate of drug-likeness (QED) is 0.101. The first kappa shape index (κ1) is 44.0. The molecule has 1 aliphatic rings. The zero-order valence-corrected chi connectivity index (χ0v) is 42.8. The molecule has 2 nitrogen and oxygen atoms in total. The summed E-state index contributed by atoms with van der Waals surface area (Å²) in [5.74, 6) is 0. The number of para-hydroxylation sites is 4. The van der Waals surface area contributed by atoms with Crippen LogP contribution in [0.2, 0.25) is 0 Å². The molecule has 14 aromatic rings. The SMILES string of the molecule is c1ccc(C2(c3ccccc3)c3ccccc3-c3cccc(-c4cccc5c6ccccc6n(-c6cccc7c8ccccc8n(-c8ccc([Si](c9ccccc9)(c9ccccc9)c9ccccc9)cc8)c67)c45)c32)cc1. The molecule has 2 heterocycles. The van der Waals surface area contributed by atoms with Crippen LogP contribution in [-0.4, -0.2) is 17.2 Å². The number of nitrogens with zero attached hydrogens (tertiary/aromatic N) is 2. The fourth-order valence-corrected chi connectivity index (χ4v) is 18.3. The van der Waals surface area contributed by atoms with Gasteiger partial charge in [-0.2, -0.15) is 0 Å². The lowest BCUT2D eigenvalue weighted by molar-refractivity contribution is 0.770. The van der Waals surface area contributed by atoms with E-state index in [0.717, 1.165) is 11.4 Å². The topological polar surface area (TPSA) is 9.86 Å². The van der Waals surface area contributed by atoms with Gasteiger partial charge in [0.1, 0.15) is 0 Å². The molecular weight excluding hydrogens is 933 g/mol. The smallest absolute Gasteiger partial charge is 0.179 e. The number of aromatic nitrogens is 2. The molecule has 0 radical (unpaired) electrons. The Labute approximate surface area is 443 Å². The summed E-state index contributed by atoms with van der Waals surface area (Å²) in [7, 11) is -2.76. The van der Waals surface area contributed by atoms with E-state index in [1.165, 1.54) is 109 Å². The summed E-state index contributed by atoms with van der Waals surface area (Å²) in [6.07, 6.45) is 0. The highest BCUT2D eigenvalue weighted by molar-refractivity contribution is 7.19. The fourth-order valence-electron chi connectivity index (χ4n) is 13.6. The Morgan fingerprint density at radius 2 is 0.658 bits per heavy atom. The molecule has 12 aromatic carbocycles. The van der Waals surface area contributed by atoms with E-state index in [1.54, 1.807) is 0 Å². The van der Waals surface area contributed by atoms with Gasteiger partial charge in [0.25, 0.3) is 0 Å². The van der Waals surface area contributed by atoms with E-state index < -0.39 is 13.5 Å². The Hall–Kier alpha value is -9.54. The van der Waals surface area contributed by atoms with Crippen LogP contribution in [0.4, 0.5) is 0 Å². The molecule has 0 amide bonds. The largest absolute Gasteiger partial charge is 0.307 e. The zero-order valence-electron chi connectivity index (χ0n) is 41.8. The first-order valence-electron chi connectivity index (χ1n) is 26.4. The van der Waals surface area contributed by atoms with E-state index in [0.29, 0.717) is 0 Å². The van der Waals surface area contributed by atoms with Gasteiger partial charge in [-0.15, -0.1) is 0 Å². The van der Waals surface area contributed by atoms with Gasteiger partial charge in [0.2, 0.25) is 0 Å². The van der Waals surface area contributed by atoms with E-state index in [9.17, 15) is 0 Å². The molecule has 0 aliphatic heterocycles. The summed E-state index contributed by atoms with van der Waals surface area (Å²) >= 11 is 0. The Morgan fingerprint density at radius 3 is 1.24 bits per heavy atom. The summed E-state index contributed by atoms with van der Waals surface area (Å²) < 4.78 is 5.11. The van der Waals surface area contributed by atoms with E-state index in [4.69, 9.17) is 0 Å². The zero-order chi connectivity index (χ0) is 50.2. The van der Waals surface area contributed by atoms with Gasteiger partial charge in [0.05, 0.1) is 33.2 Å². The van der Waals surface area contributed by atoms with Crippen LogP contribution >= 0.6 is 0 Å². The third-order valence-corrected chi connectivity index (χ3v) is 21.3. The summed E-state index contributed by atoms with van der Waals surface area (Å²) in [4.78, 5) is 0. The number of rotatable bonds is 9. The van der Waals surface area contributed by atoms with Crippen molar-refractivity contribution in [3.05, 3.63) is 326 Å². The number of fused-ring (bicyclic) bond motifs is 9. The lowest BCUT2D eigenvalue weighted by Crippen LogP contribution is -2.74. The van der Waals surface area contributed by atoms with E-state index in [-0.39, 0.29) is 0 Å². The molecule has 1 aliphatic carbocycles. The van der Waals surface area contributed by atoms with Crippen molar-refractivity contribution in [2.24, 2.45) is 0 Å². The maximum Gasteiger partial charge on any atom is 0.179 e. The fraction of sp³-hybridized carbons (Fsp3) is 0.0137. The predicted octanol–water partition coefficient (Wildman–Crippen LogP) is 15.3. The monoisotopic (exact) mass is 982 g/mol. The van der Waals surface area contributed by atoms with Crippen LogP contribution in [0.1, 0.15) is 22.3 Å². The molecule has 0 unspecified atom stereocenters. The van der Waals surface area contributed by atoms with Crippen molar-refractivity contribution in [3.8, 4) is 33.6 Å². The predicted molar refractivity (Wildman–Crippen MR) is 321 cm³/mol. The van der Waals surface area contributed by atoms with E-state index in [2.05, 4.69) is 312 Å². The van der Waals surface area contributed by atoms with Gasteiger partial charge in [-0.25, -0.2) is 0 Å². The second-order valence-corrected chi connectivity index (χ2v) is 24.0. The van der Waals surface area contributed by atoms with Crippen molar-refractivity contribution in [2.75, 3.05) is 0 Å². The standard InChI is InChI=1S/C73H50N2Si/c1-6-25-51(26-7-1)73(52-27-8-2-9-28-52)66-43-19-16-35-58(66)61-38-22-39-62(70(61)73)65-41-23-40-63-59-36-18-21-45-68(59)75(71(63)65)69-46-24-42-64-60-37-17-20-44-67(60)74(72(64)69)53-47-49-57(50-48-53)76(54-29-10-3-11-30-54,55-31-12-4-13-32-55)56-33-14-5-15-34-56/h1-50H.